The number of hydrogen-bond acceptors (Lipinski definition) is 4. The van der Waals surface area contributed by atoms with Crippen LogP contribution in [0.3, 0.4) is 0 Å². The van der Waals surface area contributed by atoms with Crippen molar-refractivity contribution in [2.75, 3.05) is 10.6 Å². The van der Waals surface area contributed by atoms with Gasteiger partial charge in [0, 0.05) is 18.3 Å². The van der Waals surface area contributed by atoms with E-state index in [0.29, 0.717) is 12.1 Å². The van der Waals surface area contributed by atoms with E-state index in [0.717, 1.165) is 11.3 Å². The summed E-state index contributed by atoms with van der Waals surface area (Å²) in [5, 5.41) is 9.91. The first-order valence-corrected chi connectivity index (χ1v) is 6.58. The van der Waals surface area contributed by atoms with Crippen molar-refractivity contribution < 1.29 is 9.59 Å². The number of carbonyl (C=O) groups excluding carboxylic acids is 2. The van der Waals surface area contributed by atoms with Gasteiger partial charge in [-0.15, -0.1) is 0 Å². The van der Waals surface area contributed by atoms with Gasteiger partial charge in [-0.2, -0.15) is 5.10 Å². The fourth-order valence-corrected chi connectivity index (χ4v) is 2.36. The van der Waals surface area contributed by atoms with Crippen molar-refractivity contribution in [3.8, 4) is 0 Å². The molecule has 1 atom stereocenters. The minimum atomic E-state index is -0.483. The molecule has 4 N–H and O–H groups in total. The van der Waals surface area contributed by atoms with Gasteiger partial charge in [0.05, 0.1) is 11.9 Å². The van der Waals surface area contributed by atoms with Crippen LogP contribution in [0.1, 0.15) is 5.56 Å². The van der Waals surface area contributed by atoms with E-state index in [-0.39, 0.29) is 18.5 Å². The SMILES string of the molecule is NC(=O)Cn1cc(NC(=O)C2Cc3ccccc3N2)cn1. The number of para-hydroxylation sites is 1. The topological polar surface area (TPSA) is 102 Å². The lowest BCUT2D eigenvalue weighted by Crippen LogP contribution is -2.32. The van der Waals surface area contributed by atoms with Gasteiger partial charge in [0.25, 0.3) is 0 Å². The number of anilines is 2. The minimum Gasteiger partial charge on any atom is -0.373 e. The number of rotatable bonds is 4. The summed E-state index contributed by atoms with van der Waals surface area (Å²) in [4.78, 5) is 23.0. The summed E-state index contributed by atoms with van der Waals surface area (Å²) in [5.74, 6) is -0.617. The smallest absolute Gasteiger partial charge is 0.247 e. The van der Waals surface area contributed by atoms with Gasteiger partial charge in [-0.1, -0.05) is 18.2 Å². The van der Waals surface area contributed by atoms with Gasteiger partial charge in [-0.05, 0) is 11.6 Å². The van der Waals surface area contributed by atoms with Crippen LogP contribution in [-0.4, -0.2) is 27.6 Å². The maximum atomic E-state index is 12.2. The maximum absolute atomic E-state index is 12.2. The van der Waals surface area contributed by atoms with Crippen molar-refractivity contribution in [3.63, 3.8) is 0 Å². The van der Waals surface area contributed by atoms with E-state index < -0.39 is 5.91 Å². The Bertz CT molecular complexity index is 669. The molecule has 3 rings (SSSR count). The summed E-state index contributed by atoms with van der Waals surface area (Å²) in [7, 11) is 0. The number of nitrogens with one attached hydrogen (secondary N) is 2. The molecule has 1 aliphatic heterocycles. The third-order valence-corrected chi connectivity index (χ3v) is 3.31. The van der Waals surface area contributed by atoms with Crippen LogP contribution >= 0.6 is 0 Å². The highest BCUT2D eigenvalue weighted by Gasteiger charge is 2.26. The van der Waals surface area contributed by atoms with Gasteiger partial charge in [-0.25, -0.2) is 0 Å². The Hall–Kier alpha value is -2.83. The quantitative estimate of drug-likeness (QED) is 0.754. The predicted molar refractivity (Wildman–Crippen MR) is 77.6 cm³/mol. The van der Waals surface area contributed by atoms with Gasteiger partial charge in [0.15, 0.2) is 0 Å². The number of carbonyl (C=O) groups is 2. The van der Waals surface area contributed by atoms with E-state index in [2.05, 4.69) is 15.7 Å². The third kappa shape index (κ3) is 2.86. The van der Waals surface area contributed by atoms with Crippen LogP contribution in [0, 0.1) is 0 Å². The van der Waals surface area contributed by atoms with E-state index in [1.165, 1.54) is 10.9 Å². The molecular weight excluding hydrogens is 270 g/mol. The van der Waals surface area contributed by atoms with Crippen LogP contribution in [-0.2, 0) is 22.6 Å². The molecule has 7 nitrogen and oxygen atoms in total. The molecule has 1 aromatic heterocycles. The third-order valence-electron chi connectivity index (χ3n) is 3.31. The Kier molecular flexibility index (Phi) is 3.31. The largest absolute Gasteiger partial charge is 0.373 e. The van der Waals surface area contributed by atoms with Crippen molar-refractivity contribution in [1.82, 2.24) is 9.78 Å². The van der Waals surface area contributed by atoms with Crippen LogP contribution < -0.4 is 16.4 Å². The highest BCUT2D eigenvalue weighted by atomic mass is 16.2. The van der Waals surface area contributed by atoms with E-state index in [4.69, 9.17) is 5.73 Å². The molecule has 108 valence electrons. The first-order chi connectivity index (χ1) is 10.1. The molecule has 1 unspecified atom stereocenters. The Morgan fingerprint density at radius 1 is 1.43 bits per heavy atom. The lowest BCUT2D eigenvalue weighted by Gasteiger charge is -2.10. The Morgan fingerprint density at radius 2 is 2.24 bits per heavy atom. The highest BCUT2D eigenvalue weighted by Crippen LogP contribution is 2.25. The molecule has 2 aromatic rings. The van der Waals surface area contributed by atoms with Gasteiger partial charge in [0.2, 0.25) is 11.8 Å². The number of nitrogens with zero attached hydrogens (tertiary/aromatic N) is 2. The summed E-state index contributed by atoms with van der Waals surface area (Å²) in [6, 6.07) is 7.53. The molecule has 2 heterocycles. The van der Waals surface area contributed by atoms with Crippen LogP contribution in [0.15, 0.2) is 36.7 Å². The van der Waals surface area contributed by atoms with Crippen LogP contribution in [0.4, 0.5) is 11.4 Å². The Balaban J connectivity index is 1.63. The van der Waals surface area contributed by atoms with Crippen LogP contribution in [0.5, 0.6) is 0 Å². The maximum Gasteiger partial charge on any atom is 0.247 e. The molecular formula is C14H15N5O2. The Morgan fingerprint density at radius 3 is 3.00 bits per heavy atom. The molecule has 1 aromatic carbocycles. The van der Waals surface area contributed by atoms with Gasteiger partial charge < -0.3 is 16.4 Å². The van der Waals surface area contributed by atoms with Crippen molar-refractivity contribution in [2.24, 2.45) is 5.73 Å². The molecule has 21 heavy (non-hydrogen) atoms. The van der Waals surface area contributed by atoms with Crippen molar-refractivity contribution in [1.29, 1.82) is 0 Å². The molecule has 0 saturated heterocycles. The molecule has 0 fully saturated rings. The number of benzene rings is 1. The second kappa shape index (κ2) is 5.28. The number of nitrogens with two attached hydrogens (primary N) is 1. The van der Waals surface area contributed by atoms with E-state index >= 15 is 0 Å². The van der Waals surface area contributed by atoms with Crippen molar-refractivity contribution in [2.45, 2.75) is 19.0 Å². The zero-order valence-corrected chi connectivity index (χ0v) is 11.2. The average molecular weight is 285 g/mol. The lowest BCUT2D eigenvalue weighted by atomic mass is 10.1. The Labute approximate surface area is 121 Å². The summed E-state index contributed by atoms with van der Waals surface area (Å²) >= 11 is 0. The zero-order valence-electron chi connectivity index (χ0n) is 11.2. The highest BCUT2D eigenvalue weighted by molar-refractivity contribution is 5.97. The van der Waals surface area contributed by atoms with Gasteiger partial charge in [-0.3, -0.25) is 14.3 Å². The fourth-order valence-electron chi connectivity index (χ4n) is 2.36. The van der Waals surface area contributed by atoms with Crippen molar-refractivity contribution in [3.05, 3.63) is 42.2 Å². The number of fused-ring (bicyclic) bond motifs is 1. The van der Waals surface area contributed by atoms with E-state index in [9.17, 15) is 9.59 Å². The fraction of sp³-hybridized carbons (Fsp3) is 0.214. The summed E-state index contributed by atoms with van der Waals surface area (Å²) in [6.07, 6.45) is 3.71. The molecule has 7 heteroatoms. The summed E-state index contributed by atoms with van der Waals surface area (Å²) in [6.45, 7) is -0.0109. The molecule has 1 aliphatic rings. The van der Waals surface area contributed by atoms with Gasteiger partial charge in [0.1, 0.15) is 12.6 Å². The molecule has 0 aliphatic carbocycles. The predicted octanol–water partition coefficient (Wildman–Crippen LogP) is 0.344. The number of primary amides is 1. The monoisotopic (exact) mass is 285 g/mol. The molecule has 2 amide bonds. The first kappa shape index (κ1) is 13.2. The number of hydrogen-bond donors (Lipinski definition) is 3. The minimum absolute atomic E-state index is 0.0109. The first-order valence-electron chi connectivity index (χ1n) is 6.58. The normalized spacial score (nSPS) is 16.1. The van der Waals surface area contributed by atoms with Crippen LogP contribution in [0.25, 0.3) is 0 Å². The van der Waals surface area contributed by atoms with Crippen molar-refractivity contribution >= 4 is 23.2 Å². The second-order valence-electron chi connectivity index (χ2n) is 4.94. The molecule has 0 spiro atoms. The van der Waals surface area contributed by atoms with E-state index in [1.54, 1.807) is 6.20 Å². The molecule has 0 saturated carbocycles. The lowest BCUT2D eigenvalue weighted by molar-refractivity contribution is -0.119. The average Bonchev–Trinajstić information content (AvgIpc) is 3.04. The standard InChI is InChI=1S/C14H15N5O2/c15-13(20)8-19-7-10(6-16-19)17-14(21)12-5-9-3-1-2-4-11(9)18-12/h1-4,6-7,12,18H,5,8H2,(H2,15,20)(H,17,21). The molecule has 0 bridgehead atoms. The number of amides is 2. The summed E-state index contributed by atoms with van der Waals surface area (Å²) < 4.78 is 1.38. The second-order valence-corrected chi connectivity index (χ2v) is 4.94. The summed E-state index contributed by atoms with van der Waals surface area (Å²) in [5.41, 5.74) is 7.74. The number of aromatic nitrogens is 2. The zero-order chi connectivity index (χ0) is 14.8. The van der Waals surface area contributed by atoms with E-state index in [1.807, 2.05) is 24.3 Å². The van der Waals surface area contributed by atoms with Gasteiger partial charge >= 0.3 is 0 Å². The van der Waals surface area contributed by atoms with Crippen LogP contribution in [0.2, 0.25) is 0 Å². The molecule has 0 radical (unpaired) electrons.